The molecule has 1 aromatic rings. The summed E-state index contributed by atoms with van der Waals surface area (Å²) in [7, 11) is 0. The Morgan fingerprint density at radius 2 is 2.00 bits per heavy atom. The van der Waals surface area contributed by atoms with Crippen LogP contribution in [0.4, 0.5) is 4.79 Å². The summed E-state index contributed by atoms with van der Waals surface area (Å²) in [5, 5.41) is 2.55. The van der Waals surface area contributed by atoms with E-state index in [1.165, 1.54) is 0 Å². The first-order valence-electron chi connectivity index (χ1n) is 8.05. The number of carbonyl (C=O) groups is 2. The van der Waals surface area contributed by atoms with Crippen LogP contribution in [-0.2, 0) is 19.0 Å². The van der Waals surface area contributed by atoms with Gasteiger partial charge in [-0.15, -0.1) is 11.8 Å². The quantitative estimate of drug-likeness (QED) is 0.280. The summed E-state index contributed by atoms with van der Waals surface area (Å²) in [6, 6.07) is 9.86. The van der Waals surface area contributed by atoms with Crippen molar-refractivity contribution in [1.82, 2.24) is 5.32 Å². The molecule has 138 valence electrons. The molecule has 6 nitrogen and oxygen atoms in total. The van der Waals surface area contributed by atoms with Gasteiger partial charge in [-0.05, 0) is 26.0 Å². The molecule has 0 spiro atoms. The number of benzene rings is 1. The van der Waals surface area contributed by atoms with Gasteiger partial charge in [-0.3, -0.25) is 0 Å². The normalized spacial score (nSPS) is 11.4. The smallest absolute Gasteiger partial charge is 0.407 e. The summed E-state index contributed by atoms with van der Waals surface area (Å²) in [4.78, 5) is 24.2. The molecule has 0 bridgehead atoms. The number of carbonyl (C=O) groups excluding carboxylic acids is 2. The zero-order valence-corrected chi connectivity index (χ0v) is 15.5. The van der Waals surface area contributed by atoms with Crippen LogP contribution in [0.2, 0.25) is 0 Å². The number of amides is 1. The van der Waals surface area contributed by atoms with Crippen LogP contribution in [0.1, 0.15) is 13.8 Å². The van der Waals surface area contributed by atoms with Crippen molar-refractivity contribution in [1.29, 1.82) is 0 Å². The minimum atomic E-state index is -0.565. The van der Waals surface area contributed by atoms with Gasteiger partial charge < -0.3 is 19.5 Å². The first kappa shape index (κ1) is 21.1. The van der Waals surface area contributed by atoms with Crippen molar-refractivity contribution in [2.75, 3.05) is 32.1 Å². The second kappa shape index (κ2) is 12.4. The molecule has 0 fully saturated rings. The van der Waals surface area contributed by atoms with E-state index in [1.54, 1.807) is 18.7 Å². The molecule has 7 heteroatoms. The van der Waals surface area contributed by atoms with Gasteiger partial charge in [0.1, 0.15) is 12.7 Å². The molecule has 1 N–H and O–H groups in total. The zero-order chi connectivity index (χ0) is 18.5. The third-order valence-electron chi connectivity index (χ3n) is 2.91. The summed E-state index contributed by atoms with van der Waals surface area (Å²) in [6.07, 6.45) is -0.937. The van der Waals surface area contributed by atoms with Crippen LogP contribution < -0.4 is 5.32 Å². The maximum Gasteiger partial charge on any atom is 0.407 e. The van der Waals surface area contributed by atoms with Gasteiger partial charge in [0.25, 0.3) is 0 Å². The van der Waals surface area contributed by atoms with Crippen LogP contribution in [-0.4, -0.2) is 50.3 Å². The lowest BCUT2D eigenvalue weighted by atomic mass is 10.4. The van der Waals surface area contributed by atoms with E-state index in [2.05, 4.69) is 11.9 Å². The zero-order valence-electron chi connectivity index (χ0n) is 14.7. The number of nitrogens with one attached hydrogen (secondary N) is 1. The van der Waals surface area contributed by atoms with Crippen LogP contribution in [0.25, 0.3) is 0 Å². The summed E-state index contributed by atoms with van der Waals surface area (Å²) < 4.78 is 15.6. The lowest BCUT2D eigenvalue weighted by Crippen LogP contribution is -2.34. The monoisotopic (exact) mass is 367 g/mol. The molecule has 0 radical (unpaired) electrons. The van der Waals surface area contributed by atoms with E-state index in [0.717, 1.165) is 4.90 Å². The average Bonchev–Trinajstić information content (AvgIpc) is 2.61. The molecule has 1 aromatic carbocycles. The lowest BCUT2D eigenvalue weighted by Gasteiger charge is -2.18. The number of hydrogen-bond donors (Lipinski definition) is 1. The molecule has 0 saturated heterocycles. The molecule has 0 aliphatic carbocycles. The Hall–Kier alpha value is -1.99. The summed E-state index contributed by atoms with van der Waals surface area (Å²) >= 11 is 1.59. The van der Waals surface area contributed by atoms with Crippen molar-refractivity contribution < 1.29 is 23.8 Å². The number of alkyl carbamates (subject to hydrolysis) is 1. The number of esters is 1. The number of rotatable bonds is 11. The van der Waals surface area contributed by atoms with Crippen molar-refractivity contribution >= 4 is 23.8 Å². The molecule has 0 aliphatic rings. The molecule has 25 heavy (non-hydrogen) atoms. The fourth-order valence-electron chi connectivity index (χ4n) is 1.68. The number of ether oxygens (including phenoxy) is 3. The minimum Gasteiger partial charge on any atom is -0.460 e. The highest BCUT2D eigenvalue weighted by molar-refractivity contribution is 7.99. The third-order valence-corrected chi connectivity index (χ3v) is 4.06. The van der Waals surface area contributed by atoms with E-state index in [9.17, 15) is 9.59 Å². The SMILES string of the molecule is C=C(C)C(=O)OCCNC(=O)OC(COCC)CSc1ccccc1. The lowest BCUT2D eigenvalue weighted by molar-refractivity contribution is -0.138. The van der Waals surface area contributed by atoms with Gasteiger partial charge >= 0.3 is 12.1 Å². The molecule has 1 atom stereocenters. The van der Waals surface area contributed by atoms with Gasteiger partial charge in [-0.2, -0.15) is 0 Å². The number of hydrogen-bond acceptors (Lipinski definition) is 6. The number of thioether (sulfide) groups is 1. The maximum atomic E-state index is 11.9. The standard InChI is InChI=1S/C18H25NO5S/c1-4-22-12-15(13-25-16-8-6-5-7-9-16)24-18(21)19-10-11-23-17(20)14(2)3/h5-9,15H,2,4,10-13H2,1,3H3,(H,19,21). The van der Waals surface area contributed by atoms with Crippen LogP contribution in [0, 0.1) is 0 Å². The van der Waals surface area contributed by atoms with Crippen molar-refractivity contribution in [3.8, 4) is 0 Å². The van der Waals surface area contributed by atoms with Gasteiger partial charge in [0.05, 0.1) is 13.2 Å². The average molecular weight is 367 g/mol. The van der Waals surface area contributed by atoms with Crippen molar-refractivity contribution in [3.05, 3.63) is 42.5 Å². The summed E-state index contributed by atoms with van der Waals surface area (Å²) in [5.74, 6) is 0.103. The maximum absolute atomic E-state index is 11.9. The van der Waals surface area contributed by atoms with Crippen molar-refractivity contribution in [2.24, 2.45) is 0 Å². The van der Waals surface area contributed by atoms with E-state index >= 15 is 0 Å². The second-order valence-electron chi connectivity index (χ2n) is 5.15. The van der Waals surface area contributed by atoms with E-state index in [-0.39, 0.29) is 19.3 Å². The van der Waals surface area contributed by atoms with Gasteiger partial charge in [-0.1, -0.05) is 24.8 Å². The highest BCUT2D eigenvalue weighted by Gasteiger charge is 2.15. The molecule has 1 unspecified atom stereocenters. The predicted octanol–water partition coefficient (Wildman–Crippen LogP) is 3.03. The molecule has 1 rings (SSSR count). The topological polar surface area (TPSA) is 73.9 Å². The van der Waals surface area contributed by atoms with Crippen LogP contribution >= 0.6 is 11.8 Å². The molecule has 0 saturated carbocycles. The fraction of sp³-hybridized carbons (Fsp3) is 0.444. The Labute approximate surface area is 152 Å². The van der Waals surface area contributed by atoms with Crippen molar-refractivity contribution in [2.45, 2.75) is 24.8 Å². The molecule has 0 aromatic heterocycles. The van der Waals surface area contributed by atoms with Gasteiger partial charge in [0.2, 0.25) is 0 Å². The minimum absolute atomic E-state index is 0.0652. The van der Waals surface area contributed by atoms with Crippen LogP contribution in [0.3, 0.4) is 0 Å². The van der Waals surface area contributed by atoms with E-state index in [0.29, 0.717) is 24.5 Å². The first-order chi connectivity index (χ1) is 12.0. The Morgan fingerprint density at radius 1 is 1.28 bits per heavy atom. The van der Waals surface area contributed by atoms with E-state index in [1.807, 2.05) is 37.3 Å². The van der Waals surface area contributed by atoms with E-state index in [4.69, 9.17) is 14.2 Å². The predicted molar refractivity (Wildman–Crippen MR) is 97.7 cm³/mol. The third kappa shape index (κ3) is 9.79. The molecule has 1 amide bonds. The highest BCUT2D eigenvalue weighted by Crippen LogP contribution is 2.19. The van der Waals surface area contributed by atoms with Gasteiger partial charge in [0.15, 0.2) is 0 Å². The Morgan fingerprint density at radius 3 is 2.64 bits per heavy atom. The van der Waals surface area contributed by atoms with Crippen LogP contribution in [0.15, 0.2) is 47.4 Å². The molecular formula is C18H25NO5S. The highest BCUT2D eigenvalue weighted by atomic mass is 32.2. The second-order valence-corrected chi connectivity index (χ2v) is 6.25. The summed E-state index contributed by atoms with van der Waals surface area (Å²) in [5.41, 5.74) is 0.317. The largest absolute Gasteiger partial charge is 0.460 e. The van der Waals surface area contributed by atoms with Crippen LogP contribution in [0.5, 0.6) is 0 Å². The fourth-order valence-corrected chi connectivity index (χ4v) is 2.58. The van der Waals surface area contributed by atoms with E-state index < -0.39 is 12.1 Å². The Bertz CT molecular complexity index is 550. The molecular weight excluding hydrogens is 342 g/mol. The van der Waals surface area contributed by atoms with Gasteiger partial charge in [-0.25, -0.2) is 9.59 Å². The van der Waals surface area contributed by atoms with Gasteiger partial charge in [0, 0.05) is 22.8 Å². The Kier molecular flexibility index (Phi) is 10.4. The van der Waals surface area contributed by atoms with Crippen molar-refractivity contribution in [3.63, 3.8) is 0 Å². The Balaban J connectivity index is 2.33. The molecule has 0 heterocycles. The summed E-state index contributed by atoms with van der Waals surface area (Å²) in [6.45, 7) is 8.04. The first-order valence-corrected chi connectivity index (χ1v) is 9.04. The molecule has 0 aliphatic heterocycles.